The number of nitrogens with zero attached hydrogens (tertiary/aromatic N) is 3. The van der Waals surface area contributed by atoms with Crippen LogP contribution in [-0.2, 0) is 4.74 Å². The number of hydrogen-bond acceptors (Lipinski definition) is 6. The Labute approximate surface area is 106 Å². The number of piperidine rings is 1. The molecule has 1 fully saturated rings. The first-order chi connectivity index (χ1) is 8.61. The number of carbonyl (C=O) groups is 1. The van der Waals surface area contributed by atoms with Crippen molar-refractivity contribution in [3.63, 3.8) is 0 Å². The SMILES string of the molecule is COC(=O)c1nccc(N2CCC(C)C(N)C2)n1. The Morgan fingerprint density at radius 1 is 1.61 bits per heavy atom. The zero-order valence-corrected chi connectivity index (χ0v) is 10.7. The highest BCUT2D eigenvalue weighted by molar-refractivity contribution is 5.85. The number of hydrogen-bond donors (Lipinski definition) is 1. The lowest BCUT2D eigenvalue weighted by molar-refractivity contribution is 0.0586. The number of anilines is 1. The molecule has 1 aliphatic heterocycles. The number of ether oxygens (including phenoxy) is 1. The highest BCUT2D eigenvalue weighted by atomic mass is 16.5. The Morgan fingerprint density at radius 2 is 2.39 bits per heavy atom. The molecule has 1 aromatic rings. The van der Waals surface area contributed by atoms with Crippen molar-refractivity contribution in [1.82, 2.24) is 9.97 Å². The summed E-state index contributed by atoms with van der Waals surface area (Å²) in [7, 11) is 1.32. The summed E-state index contributed by atoms with van der Waals surface area (Å²) in [5.41, 5.74) is 6.05. The molecular formula is C12H18N4O2. The maximum absolute atomic E-state index is 11.4. The predicted molar refractivity (Wildman–Crippen MR) is 67.3 cm³/mol. The van der Waals surface area contributed by atoms with Gasteiger partial charge in [-0.2, -0.15) is 0 Å². The first kappa shape index (κ1) is 12.8. The van der Waals surface area contributed by atoms with Crippen molar-refractivity contribution in [3.8, 4) is 0 Å². The van der Waals surface area contributed by atoms with Crippen LogP contribution >= 0.6 is 0 Å². The molecule has 2 unspecified atom stereocenters. The number of esters is 1. The van der Waals surface area contributed by atoms with E-state index < -0.39 is 5.97 Å². The Morgan fingerprint density at radius 3 is 3.06 bits per heavy atom. The van der Waals surface area contributed by atoms with Crippen molar-refractivity contribution < 1.29 is 9.53 Å². The highest BCUT2D eigenvalue weighted by Crippen LogP contribution is 2.20. The van der Waals surface area contributed by atoms with Crippen molar-refractivity contribution >= 4 is 11.8 Å². The third-order valence-electron chi connectivity index (χ3n) is 3.35. The molecule has 2 heterocycles. The normalized spacial score (nSPS) is 23.8. The van der Waals surface area contributed by atoms with Crippen LogP contribution in [0.15, 0.2) is 12.3 Å². The summed E-state index contributed by atoms with van der Waals surface area (Å²) in [4.78, 5) is 21.6. The molecule has 0 spiro atoms. The van der Waals surface area contributed by atoms with Crippen LogP contribution in [0, 0.1) is 5.92 Å². The maximum atomic E-state index is 11.4. The zero-order valence-electron chi connectivity index (χ0n) is 10.7. The lowest BCUT2D eigenvalue weighted by Crippen LogP contribution is -2.48. The van der Waals surface area contributed by atoms with E-state index in [9.17, 15) is 4.79 Å². The van der Waals surface area contributed by atoms with Gasteiger partial charge in [0, 0.05) is 25.3 Å². The second-order valence-corrected chi connectivity index (χ2v) is 4.61. The van der Waals surface area contributed by atoms with E-state index >= 15 is 0 Å². The van der Waals surface area contributed by atoms with E-state index in [4.69, 9.17) is 5.73 Å². The molecule has 6 heteroatoms. The fourth-order valence-corrected chi connectivity index (χ4v) is 2.02. The summed E-state index contributed by atoms with van der Waals surface area (Å²) in [5.74, 6) is 0.810. The molecule has 0 aliphatic carbocycles. The van der Waals surface area contributed by atoms with Gasteiger partial charge >= 0.3 is 5.97 Å². The van der Waals surface area contributed by atoms with Crippen LogP contribution in [0.1, 0.15) is 24.0 Å². The number of nitrogens with two attached hydrogens (primary N) is 1. The fraction of sp³-hybridized carbons (Fsp3) is 0.583. The molecule has 1 saturated heterocycles. The van der Waals surface area contributed by atoms with Gasteiger partial charge in [0.2, 0.25) is 5.82 Å². The van der Waals surface area contributed by atoms with E-state index in [1.165, 1.54) is 7.11 Å². The van der Waals surface area contributed by atoms with Gasteiger partial charge in [0.1, 0.15) is 5.82 Å². The molecule has 0 amide bonds. The molecule has 1 aromatic heterocycles. The van der Waals surface area contributed by atoms with Crippen molar-refractivity contribution in [2.45, 2.75) is 19.4 Å². The summed E-state index contributed by atoms with van der Waals surface area (Å²) in [6.45, 7) is 3.80. The van der Waals surface area contributed by atoms with Gasteiger partial charge in [-0.3, -0.25) is 0 Å². The molecular weight excluding hydrogens is 232 g/mol. The van der Waals surface area contributed by atoms with Crippen molar-refractivity contribution in [1.29, 1.82) is 0 Å². The largest absolute Gasteiger partial charge is 0.463 e. The molecule has 0 radical (unpaired) electrons. The summed E-state index contributed by atoms with van der Waals surface area (Å²) in [6, 6.07) is 1.92. The highest BCUT2D eigenvalue weighted by Gasteiger charge is 2.24. The Hall–Kier alpha value is -1.69. The average Bonchev–Trinajstić information content (AvgIpc) is 2.41. The van der Waals surface area contributed by atoms with Gasteiger partial charge in [0.25, 0.3) is 0 Å². The van der Waals surface area contributed by atoms with E-state index in [0.29, 0.717) is 5.92 Å². The van der Waals surface area contributed by atoms with Gasteiger partial charge in [-0.15, -0.1) is 0 Å². The van der Waals surface area contributed by atoms with Crippen LogP contribution in [-0.4, -0.2) is 42.2 Å². The topological polar surface area (TPSA) is 81.3 Å². The van der Waals surface area contributed by atoms with Crippen LogP contribution in [0.5, 0.6) is 0 Å². The Kier molecular flexibility index (Phi) is 3.76. The Balaban J connectivity index is 2.16. The third-order valence-corrected chi connectivity index (χ3v) is 3.35. The molecule has 2 rings (SSSR count). The first-order valence-corrected chi connectivity index (χ1v) is 6.03. The van der Waals surface area contributed by atoms with Gasteiger partial charge in [-0.1, -0.05) is 6.92 Å². The third kappa shape index (κ3) is 2.59. The lowest BCUT2D eigenvalue weighted by Gasteiger charge is -2.35. The number of aromatic nitrogens is 2. The van der Waals surface area contributed by atoms with Crippen LogP contribution in [0.4, 0.5) is 5.82 Å². The molecule has 1 aliphatic rings. The van der Waals surface area contributed by atoms with Gasteiger partial charge < -0.3 is 15.4 Å². The van der Waals surface area contributed by atoms with Gasteiger partial charge in [0.05, 0.1) is 7.11 Å². The molecule has 6 nitrogen and oxygen atoms in total. The fourth-order valence-electron chi connectivity index (χ4n) is 2.02. The van der Waals surface area contributed by atoms with Crippen LogP contribution < -0.4 is 10.6 Å². The maximum Gasteiger partial charge on any atom is 0.376 e. The van der Waals surface area contributed by atoms with E-state index in [1.54, 1.807) is 12.3 Å². The second kappa shape index (κ2) is 5.30. The summed E-state index contributed by atoms with van der Waals surface area (Å²) >= 11 is 0. The van der Waals surface area contributed by atoms with Crippen LogP contribution in [0.2, 0.25) is 0 Å². The predicted octanol–water partition coefficient (Wildman–Crippen LogP) is 0.437. The number of carbonyl (C=O) groups excluding carboxylic acids is 1. The minimum absolute atomic E-state index is 0.0854. The molecule has 98 valence electrons. The summed E-state index contributed by atoms with van der Waals surface area (Å²) in [5, 5.41) is 0. The van der Waals surface area contributed by atoms with E-state index in [2.05, 4.69) is 26.5 Å². The van der Waals surface area contributed by atoms with Crippen molar-refractivity contribution in [3.05, 3.63) is 18.1 Å². The van der Waals surface area contributed by atoms with Gasteiger partial charge in [-0.25, -0.2) is 14.8 Å². The monoisotopic (exact) mass is 250 g/mol. The van der Waals surface area contributed by atoms with Crippen molar-refractivity contribution in [2.75, 3.05) is 25.1 Å². The molecule has 0 bridgehead atoms. The summed E-state index contributed by atoms with van der Waals surface area (Å²) < 4.78 is 4.61. The van der Waals surface area contributed by atoms with E-state index in [0.717, 1.165) is 25.3 Å². The quantitative estimate of drug-likeness (QED) is 0.767. The van der Waals surface area contributed by atoms with Crippen molar-refractivity contribution in [2.24, 2.45) is 11.7 Å². The first-order valence-electron chi connectivity index (χ1n) is 6.03. The molecule has 0 aromatic carbocycles. The average molecular weight is 250 g/mol. The standard InChI is InChI=1S/C12H18N4O2/c1-8-4-6-16(7-9(8)13)10-3-5-14-11(15-10)12(17)18-2/h3,5,8-9H,4,6-7,13H2,1-2H3. The minimum Gasteiger partial charge on any atom is -0.463 e. The Bertz CT molecular complexity index is 438. The second-order valence-electron chi connectivity index (χ2n) is 4.61. The van der Waals surface area contributed by atoms with Crippen LogP contribution in [0.25, 0.3) is 0 Å². The lowest BCUT2D eigenvalue weighted by atomic mass is 9.94. The molecule has 2 N–H and O–H groups in total. The van der Waals surface area contributed by atoms with Crippen LogP contribution in [0.3, 0.4) is 0 Å². The number of methoxy groups -OCH3 is 1. The summed E-state index contributed by atoms with van der Waals surface area (Å²) in [6.07, 6.45) is 2.59. The zero-order chi connectivity index (χ0) is 13.1. The number of rotatable bonds is 2. The van der Waals surface area contributed by atoms with E-state index in [1.807, 2.05) is 0 Å². The minimum atomic E-state index is -0.522. The molecule has 2 atom stereocenters. The van der Waals surface area contributed by atoms with Gasteiger partial charge in [-0.05, 0) is 18.4 Å². The van der Waals surface area contributed by atoms with Gasteiger partial charge in [0.15, 0.2) is 0 Å². The molecule has 0 saturated carbocycles. The van der Waals surface area contributed by atoms with E-state index in [-0.39, 0.29) is 11.9 Å². The smallest absolute Gasteiger partial charge is 0.376 e. The molecule has 18 heavy (non-hydrogen) atoms.